The average Bonchev–Trinajstić information content (AvgIpc) is 2.67. The highest BCUT2D eigenvalue weighted by atomic mass is 35.5. The van der Waals surface area contributed by atoms with Crippen LogP contribution in [-0.4, -0.2) is 53.4 Å². The van der Waals surface area contributed by atoms with Crippen molar-refractivity contribution in [1.29, 1.82) is 0 Å². The highest BCUT2D eigenvalue weighted by Gasteiger charge is 2.16. The van der Waals surface area contributed by atoms with E-state index in [1.165, 1.54) is 11.8 Å². The molecule has 0 aliphatic rings. The number of hydrogen-bond acceptors (Lipinski definition) is 6. The first-order chi connectivity index (χ1) is 13.3. The smallest absolute Gasteiger partial charge is 0.190 e. The fourth-order valence-corrected chi connectivity index (χ4v) is 3.85. The Hall–Kier alpha value is -1.50. The highest BCUT2D eigenvalue weighted by Crippen LogP contribution is 2.27. The van der Waals surface area contributed by atoms with Gasteiger partial charge in [-0.15, -0.1) is 0 Å². The van der Waals surface area contributed by atoms with Crippen molar-refractivity contribution in [3.63, 3.8) is 0 Å². The lowest BCUT2D eigenvalue weighted by molar-refractivity contribution is 0.182. The van der Waals surface area contributed by atoms with Crippen LogP contribution in [0, 0.1) is 0 Å². The zero-order valence-corrected chi connectivity index (χ0v) is 19.2. The van der Waals surface area contributed by atoms with Crippen LogP contribution in [0.3, 0.4) is 0 Å². The van der Waals surface area contributed by atoms with Crippen LogP contribution in [0.25, 0.3) is 0 Å². The van der Waals surface area contributed by atoms with Crippen molar-refractivity contribution in [1.82, 2.24) is 14.9 Å². The van der Waals surface area contributed by atoms with Gasteiger partial charge in [0.05, 0.1) is 7.11 Å². The summed E-state index contributed by atoms with van der Waals surface area (Å²) < 4.78 is 5.24. The minimum atomic E-state index is 0.497. The number of nitrogens with one attached hydrogen (secondary N) is 1. The predicted octanol–water partition coefficient (Wildman–Crippen LogP) is 4.98. The lowest BCUT2D eigenvalue weighted by atomic mass is 10.1. The third-order valence-corrected chi connectivity index (χ3v) is 5.51. The molecule has 0 unspecified atom stereocenters. The summed E-state index contributed by atoms with van der Waals surface area (Å²) in [5, 5.41) is 4.68. The molecule has 0 amide bonds. The van der Waals surface area contributed by atoms with Crippen molar-refractivity contribution in [3.8, 4) is 5.75 Å². The van der Waals surface area contributed by atoms with Crippen LogP contribution in [0.2, 0.25) is 5.15 Å². The van der Waals surface area contributed by atoms with E-state index in [9.17, 15) is 0 Å². The Morgan fingerprint density at radius 2 is 1.75 bits per heavy atom. The fraction of sp³-hybridized carbons (Fsp3) is 0.524. The third-order valence-electron chi connectivity index (χ3n) is 4.65. The van der Waals surface area contributed by atoms with Crippen LogP contribution in [0.15, 0.2) is 29.4 Å². The Kier molecular flexibility index (Phi) is 8.86. The van der Waals surface area contributed by atoms with Gasteiger partial charge in [-0.3, -0.25) is 4.90 Å². The summed E-state index contributed by atoms with van der Waals surface area (Å²) in [6.45, 7) is 10.6. The van der Waals surface area contributed by atoms with Gasteiger partial charge in [-0.1, -0.05) is 35.5 Å². The number of methoxy groups -OCH3 is 1. The van der Waals surface area contributed by atoms with Crippen LogP contribution in [0.4, 0.5) is 5.82 Å². The normalized spacial score (nSPS) is 11.5. The van der Waals surface area contributed by atoms with Crippen molar-refractivity contribution in [2.75, 3.05) is 31.8 Å². The molecule has 0 saturated heterocycles. The molecule has 1 aromatic heterocycles. The standard InChI is InChI=1S/C21H31ClN4OS/c1-14(2)26(15(3)4)12-11-23-20-18(19(22)24-21(25-20)28-6)13-16-7-9-17(27-5)10-8-16/h7-10,14-15H,11-13H2,1-6H3,(H,23,24,25). The summed E-state index contributed by atoms with van der Waals surface area (Å²) in [4.78, 5) is 11.6. The van der Waals surface area contributed by atoms with E-state index in [0.717, 1.165) is 35.8 Å². The Balaban J connectivity index is 2.19. The van der Waals surface area contributed by atoms with Crippen LogP contribution < -0.4 is 10.1 Å². The van der Waals surface area contributed by atoms with Gasteiger partial charge in [0, 0.05) is 37.2 Å². The van der Waals surface area contributed by atoms with E-state index in [-0.39, 0.29) is 0 Å². The molecule has 5 nitrogen and oxygen atoms in total. The van der Waals surface area contributed by atoms with Gasteiger partial charge in [0.2, 0.25) is 0 Å². The second-order valence-electron chi connectivity index (χ2n) is 7.21. The minimum Gasteiger partial charge on any atom is -0.497 e. The van der Waals surface area contributed by atoms with Gasteiger partial charge in [0.25, 0.3) is 0 Å². The summed E-state index contributed by atoms with van der Waals surface area (Å²) in [7, 11) is 1.67. The monoisotopic (exact) mass is 422 g/mol. The van der Waals surface area contributed by atoms with E-state index in [0.29, 0.717) is 28.8 Å². The van der Waals surface area contributed by atoms with Gasteiger partial charge in [0.15, 0.2) is 5.16 Å². The van der Waals surface area contributed by atoms with Gasteiger partial charge in [-0.2, -0.15) is 0 Å². The molecule has 2 rings (SSSR count). The molecule has 7 heteroatoms. The number of halogens is 1. The van der Waals surface area contributed by atoms with Gasteiger partial charge >= 0.3 is 0 Å². The van der Waals surface area contributed by atoms with Crippen molar-refractivity contribution in [3.05, 3.63) is 40.5 Å². The molecule has 28 heavy (non-hydrogen) atoms. The molecule has 0 saturated carbocycles. The largest absolute Gasteiger partial charge is 0.497 e. The Labute approximate surface area is 178 Å². The average molecular weight is 423 g/mol. The first-order valence-corrected chi connectivity index (χ1v) is 11.2. The highest BCUT2D eigenvalue weighted by molar-refractivity contribution is 7.98. The molecule has 0 bridgehead atoms. The van der Waals surface area contributed by atoms with E-state index < -0.39 is 0 Å². The molecule has 0 fully saturated rings. The van der Waals surface area contributed by atoms with Gasteiger partial charge < -0.3 is 10.1 Å². The van der Waals surface area contributed by atoms with Crippen molar-refractivity contribution in [2.24, 2.45) is 0 Å². The third kappa shape index (κ3) is 6.26. The van der Waals surface area contributed by atoms with Crippen LogP contribution in [0.5, 0.6) is 5.75 Å². The molecule has 2 aromatic rings. The molecule has 0 atom stereocenters. The second kappa shape index (κ2) is 10.9. The SMILES string of the molecule is COc1ccc(Cc2c(Cl)nc(SC)nc2NCCN(C(C)C)C(C)C)cc1. The Morgan fingerprint density at radius 3 is 2.29 bits per heavy atom. The first-order valence-electron chi connectivity index (χ1n) is 9.58. The summed E-state index contributed by atoms with van der Waals surface area (Å²) in [5.41, 5.74) is 2.06. The van der Waals surface area contributed by atoms with E-state index in [1.807, 2.05) is 30.5 Å². The zero-order valence-electron chi connectivity index (χ0n) is 17.6. The Bertz CT molecular complexity index is 745. The molecule has 1 N–H and O–H groups in total. The first kappa shape index (κ1) is 22.8. The molecule has 0 spiro atoms. The van der Waals surface area contributed by atoms with Crippen LogP contribution in [-0.2, 0) is 6.42 Å². The molecule has 154 valence electrons. The maximum absolute atomic E-state index is 6.52. The Morgan fingerprint density at radius 1 is 1.11 bits per heavy atom. The molecule has 1 aromatic carbocycles. The molecular formula is C21H31ClN4OS. The van der Waals surface area contributed by atoms with E-state index in [2.05, 4.69) is 47.9 Å². The van der Waals surface area contributed by atoms with Gasteiger partial charge in [-0.25, -0.2) is 9.97 Å². The van der Waals surface area contributed by atoms with Crippen LogP contribution in [0.1, 0.15) is 38.8 Å². The van der Waals surface area contributed by atoms with E-state index in [4.69, 9.17) is 16.3 Å². The number of benzene rings is 1. The van der Waals surface area contributed by atoms with E-state index >= 15 is 0 Å². The fourth-order valence-electron chi connectivity index (χ4n) is 3.20. The van der Waals surface area contributed by atoms with Gasteiger partial charge in [0.1, 0.15) is 16.7 Å². The molecule has 1 heterocycles. The summed E-state index contributed by atoms with van der Waals surface area (Å²) in [6, 6.07) is 8.99. The summed E-state index contributed by atoms with van der Waals surface area (Å²) in [5.74, 6) is 1.65. The van der Waals surface area contributed by atoms with Crippen LogP contribution >= 0.6 is 23.4 Å². The number of rotatable bonds is 10. The molecule has 0 aliphatic carbocycles. The maximum atomic E-state index is 6.52. The van der Waals surface area contributed by atoms with Crippen molar-refractivity contribution >= 4 is 29.2 Å². The number of nitrogens with zero attached hydrogens (tertiary/aromatic N) is 3. The summed E-state index contributed by atoms with van der Waals surface area (Å²) in [6.07, 6.45) is 2.62. The second-order valence-corrected chi connectivity index (χ2v) is 8.34. The number of anilines is 1. The number of aromatic nitrogens is 2. The van der Waals surface area contributed by atoms with E-state index in [1.54, 1.807) is 7.11 Å². The predicted molar refractivity (Wildman–Crippen MR) is 120 cm³/mol. The molecule has 0 radical (unpaired) electrons. The molecule has 0 aliphatic heterocycles. The lowest BCUT2D eigenvalue weighted by Crippen LogP contribution is -2.40. The zero-order chi connectivity index (χ0) is 20.7. The van der Waals surface area contributed by atoms with Gasteiger partial charge in [-0.05, 0) is 51.6 Å². The number of thioether (sulfide) groups is 1. The maximum Gasteiger partial charge on any atom is 0.190 e. The quantitative estimate of drug-likeness (QED) is 0.331. The van der Waals surface area contributed by atoms with Crippen molar-refractivity contribution in [2.45, 2.75) is 51.4 Å². The summed E-state index contributed by atoms with van der Waals surface area (Å²) >= 11 is 8.02. The lowest BCUT2D eigenvalue weighted by Gasteiger charge is -2.30. The number of hydrogen-bond donors (Lipinski definition) is 1. The molecular weight excluding hydrogens is 392 g/mol. The van der Waals surface area contributed by atoms with Crippen molar-refractivity contribution < 1.29 is 4.74 Å². The topological polar surface area (TPSA) is 50.3 Å². The minimum absolute atomic E-state index is 0.497. The number of ether oxygens (including phenoxy) is 1.